The molecule has 118 valence electrons. The highest BCUT2D eigenvalue weighted by molar-refractivity contribution is 6.42. The lowest BCUT2D eigenvalue weighted by Gasteiger charge is -2.33. The second-order valence-corrected chi connectivity index (χ2v) is 6.34. The topological polar surface area (TPSA) is 66.8 Å². The first-order valence-corrected chi connectivity index (χ1v) is 7.81. The lowest BCUT2D eigenvalue weighted by atomic mass is 10.1. The summed E-state index contributed by atoms with van der Waals surface area (Å²) in [7, 11) is 0. The summed E-state index contributed by atoms with van der Waals surface area (Å²) in [6, 6.07) is 4.46. The number of hydrogen-bond acceptors (Lipinski definition) is 3. The molecular weight excluding hydrogens is 329 g/mol. The van der Waals surface area contributed by atoms with Gasteiger partial charge in [-0.2, -0.15) is 0 Å². The molecule has 1 amide bonds. The van der Waals surface area contributed by atoms with Crippen molar-refractivity contribution in [1.82, 2.24) is 4.90 Å². The molecule has 0 bridgehead atoms. The summed E-state index contributed by atoms with van der Waals surface area (Å²) >= 11 is 12.2. The summed E-state index contributed by atoms with van der Waals surface area (Å²) in [5, 5.41) is 10.1. The SMILES string of the molecule is O=C(O)[C@@H]1COCCN1C(=O)[C@@H]1C[C@@H]1c1cccc(Cl)c1Cl. The molecule has 1 aromatic carbocycles. The van der Waals surface area contributed by atoms with Crippen LogP contribution in [0, 0.1) is 5.92 Å². The molecule has 7 heteroatoms. The molecule has 0 radical (unpaired) electrons. The van der Waals surface area contributed by atoms with E-state index in [0.29, 0.717) is 29.6 Å². The third kappa shape index (κ3) is 2.81. The van der Waals surface area contributed by atoms with Gasteiger partial charge in [0.15, 0.2) is 6.04 Å². The van der Waals surface area contributed by atoms with E-state index in [1.807, 2.05) is 6.07 Å². The summed E-state index contributed by atoms with van der Waals surface area (Å²) in [6.07, 6.45) is 0.669. The molecule has 3 atom stereocenters. The van der Waals surface area contributed by atoms with Gasteiger partial charge in [-0.1, -0.05) is 35.3 Å². The smallest absolute Gasteiger partial charge is 0.328 e. The summed E-state index contributed by atoms with van der Waals surface area (Å²) < 4.78 is 5.16. The summed E-state index contributed by atoms with van der Waals surface area (Å²) in [5.74, 6) is -1.39. The summed E-state index contributed by atoms with van der Waals surface area (Å²) in [5.41, 5.74) is 0.854. The van der Waals surface area contributed by atoms with Gasteiger partial charge in [-0.3, -0.25) is 4.79 Å². The molecule has 1 N–H and O–H groups in total. The summed E-state index contributed by atoms with van der Waals surface area (Å²) in [4.78, 5) is 25.2. The Morgan fingerprint density at radius 2 is 2.09 bits per heavy atom. The second-order valence-electron chi connectivity index (χ2n) is 5.55. The van der Waals surface area contributed by atoms with Crippen molar-refractivity contribution in [2.45, 2.75) is 18.4 Å². The Morgan fingerprint density at radius 3 is 2.82 bits per heavy atom. The number of carboxylic acids is 1. The molecular formula is C15H15Cl2NO4. The highest BCUT2D eigenvalue weighted by Crippen LogP contribution is 2.51. The first-order valence-electron chi connectivity index (χ1n) is 7.05. The highest BCUT2D eigenvalue weighted by Gasteiger charge is 2.49. The van der Waals surface area contributed by atoms with E-state index in [2.05, 4.69) is 0 Å². The Bertz CT molecular complexity index is 622. The molecule has 1 heterocycles. The van der Waals surface area contributed by atoms with Crippen LogP contribution in [0.4, 0.5) is 0 Å². The number of nitrogens with zero attached hydrogens (tertiary/aromatic N) is 1. The summed E-state index contributed by atoms with van der Waals surface area (Å²) in [6.45, 7) is 0.712. The van der Waals surface area contributed by atoms with Gasteiger partial charge in [0, 0.05) is 12.5 Å². The largest absolute Gasteiger partial charge is 0.480 e. The normalized spacial score (nSPS) is 27.5. The third-order valence-corrected chi connectivity index (χ3v) is 5.02. The van der Waals surface area contributed by atoms with E-state index in [4.69, 9.17) is 27.9 Å². The Balaban J connectivity index is 1.74. The maximum absolute atomic E-state index is 12.6. The Labute approximate surface area is 137 Å². The molecule has 0 spiro atoms. The van der Waals surface area contributed by atoms with Gasteiger partial charge in [-0.25, -0.2) is 4.79 Å². The van der Waals surface area contributed by atoms with E-state index < -0.39 is 12.0 Å². The first kappa shape index (κ1) is 15.6. The van der Waals surface area contributed by atoms with Gasteiger partial charge >= 0.3 is 5.97 Å². The van der Waals surface area contributed by atoms with E-state index in [0.717, 1.165) is 5.56 Å². The number of benzene rings is 1. The van der Waals surface area contributed by atoms with Crippen molar-refractivity contribution in [3.05, 3.63) is 33.8 Å². The fourth-order valence-corrected chi connectivity index (χ4v) is 3.35. The Kier molecular flexibility index (Phi) is 4.30. The molecule has 1 aliphatic carbocycles. The molecule has 0 unspecified atom stereocenters. The van der Waals surface area contributed by atoms with Gasteiger partial charge in [0.05, 0.1) is 23.3 Å². The van der Waals surface area contributed by atoms with Gasteiger partial charge in [0.2, 0.25) is 5.91 Å². The van der Waals surface area contributed by atoms with Gasteiger partial charge in [0.25, 0.3) is 0 Å². The molecule has 2 fully saturated rings. The molecule has 2 aliphatic rings. The van der Waals surface area contributed by atoms with Crippen molar-refractivity contribution in [2.24, 2.45) is 5.92 Å². The van der Waals surface area contributed by atoms with Crippen molar-refractivity contribution in [3.8, 4) is 0 Å². The number of amides is 1. The molecule has 3 rings (SSSR count). The van der Waals surface area contributed by atoms with Gasteiger partial charge < -0.3 is 14.7 Å². The quantitative estimate of drug-likeness (QED) is 0.915. The van der Waals surface area contributed by atoms with Crippen LogP contribution >= 0.6 is 23.2 Å². The van der Waals surface area contributed by atoms with Crippen LogP contribution in [0.1, 0.15) is 17.9 Å². The average Bonchev–Trinajstić information content (AvgIpc) is 3.29. The molecule has 5 nitrogen and oxygen atoms in total. The van der Waals surface area contributed by atoms with Crippen molar-refractivity contribution in [1.29, 1.82) is 0 Å². The second kappa shape index (κ2) is 6.07. The van der Waals surface area contributed by atoms with Crippen molar-refractivity contribution in [3.63, 3.8) is 0 Å². The number of carbonyl (C=O) groups is 2. The molecule has 1 aliphatic heterocycles. The van der Waals surface area contributed by atoms with Crippen molar-refractivity contribution >= 4 is 35.1 Å². The van der Waals surface area contributed by atoms with Crippen LogP contribution in [0.25, 0.3) is 0 Å². The predicted octanol–water partition coefficient (Wildman–Crippen LogP) is 2.41. The lowest BCUT2D eigenvalue weighted by Crippen LogP contribution is -2.53. The molecule has 1 saturated carbocycles. The van der Waals surface area contributed by atoms with E-state index >= 15 is 0 Å². The predicted molar refractivity (Wildman–Crippen MR) is 81.3 cm³/mol. The van der Waals surface area contributed by atoms with Crippen LogP contribution in [0.5, 0.6) is 0 Å². The van der Waals surface area contributed by atoms with E-state index in [1.54, 1.807) is 12.1 Å². The van der Waals surface area contributed by atoms with Crippen LogP contribution in [0.3, 0.4) is 0 Å². The average molecular weight is 344 g/mol. The number of morpholine rings is 1. The van der Waals surface area contributed by atoms with Gasteiger partial charge in [-0.05, 0) is 24.0 Å². The number of carboxylic acid groups (broad SMARTS) is 1. The first-order chi connectivity index (χ1) is 10.5. The number of hydrogen-bond donors (Lipinski definition) is 1. The lowest BCUT2D eigenvalue weighted by molar-refractivity contribution is -0.158. The number of carbonyl (C=O) groups excluding carboxylic acids is 1. The van der Waals surface area contributed by atoms with Crippen LogP contribution in [0.15, 0.2) is 18.2 Å². The van der Waals surface area contributed by atoms with Crippen LogP contribution in [0.2, 0.25) is 10.0 Å². The maximum atomic E-state index is 12.6. The minimum Gasteiger partial charge on any atom is -0.480 e. The van der Waals surface area contributed by atoms with Crippen molar-refractivity contribution in [2.75, 3.05) is 19.8 Å². The van der Waals surface area contributed by atoms with Crippen LogP contribution < -0.4 is 0 Å². The molecule has 1 aromatic rings. The Hall–Kier alpha value is -1.30. The number of aliphatic carboxylic acids is 1. The number of ether oxygens (including phenoxy) is 1. The minimum absolute atomic E-state index is 0.0102. The van der Waals surface area contributed by atoms with Gasteiger partial charge in [-0.15, -0.1) is 0 Å². The van der Waals surface area contributed by atoms with E-state index in [9.17, 15) is 14.7 Å². The zero-order chi connectivity index (χ0) is 15.9. The zero-order valence-corrected chi connectivity index (χ0v) is 13.2. The van der Waals surface area contributed by atoms with E-state index in [-0.39, 0.29) is 24.3 Å². The third-order valence-electron chi connectivity index (χ3n) is 4.19. The fourth-order valence-electron chi connectivity index (χ4n) is 2.90. The maximum Gasteiger partial charge on any atom is 0.328 e. The fraction of sp³-hybridized carbons (Fsp3) is 0.467. The zero-order valence-electron chi connectivity index (χ0n) is 11.7. The van der Waals surface area contributed by atoms with Crippen LogP contribution in [-0.4, -0.2) is 47.7 Å². The highest BCUT2D eigenvalue weighted by atomic mass is 35.5. The molecule has 22 heavy (non-hydrogen) atoms. The Morgan fingerprint density at radius 1 is 1.32 bits per heavy atom. The van der Waals surface area contributed by atoms with Crippen molar-refractivity contribution < 1.29 is 19.4 Å². The minimum atomic E-state index is -1.04. The number of rotatable bonds is 3. The molecule has 0 aromatic heterocycles. The van der Waals surface area contributed by atoms with E-state index in [1.165, 1.54) is 4.90 Å². The number of halogens is 2. The molecule has 1 saturated heterocycles. The standard InChI is InChI=1S/C15H15Cl2NO4/c16-11-3-1-2-8(13(11)17)9-6-10(9)14(19)18-4-5-22-7-12(18)15(20)21/h1-3,9-10,12H,4-7H2,(H,20,21)/t9-,10-,12+/m1/s1. The van der Waals surface area contributed by atoms with Gasteiger partial charge in [0.1, 0.15) is 0 Å². The monoisotopic (exact) mass is 343 g/mol. The van der Waals surface area contributed by atoms with Crippen LogP contribution in [-0.2, 0) is 14.3 Å².